The maximum Gasteiger partial charge on any atom is 0.264 e. The van der Waals surface area contributed by atoms with E-state index in [1.165, 1.54) is 23.5 Å². The lowest BCUT2D eigenvalue weighted by atomic mass is 10.1. The molecule has 5 nitrogen and oxygen atoms in total. The minimum absolute atomic E-state index is 0.0691. The number of nitrogens with one attached hydrogen (secondary N) is 1. The van der Waals surface area contributed by atoms with Gasteiger partial charge in [-0.05, 0) is 67.3 Å². The minimum atomic E-state index is -3.81. The number of amides is 1. The van der Waals surface area contributed by atoms with Crippen LogP contribution in [0.4, 0.5) is 11.4 Å². The number of benzene rings is 3. The number of aryl methyl sites for hydroxylation is 3. The SMILES string of the molecule is CCc1cccc(C)c1NC(=O)c1cccc(S(=O)(=O)N(C)c2cccc(C)c2)c1. The van der Waals surface area contributed by atoms with Gasteiger partial charge in [0, 0.05) is 18.3 Å². The van der Waals surface area contributed by atoms with E-state index in [4.69, 9.17) is 0 Å². The topological polar surface area (TPSA) is 66.5 Å². The van der Waals surface area contributed by atoms with Gasteiger partial charge in [0.25, 0.3) is 15.9 Å². The number of nitrogens with zero attached hydrogens (tertiary/aromatic N) is 1. The zero-order valence-corrected chi connectivity index (χ0v) is 18.5. The molecule has 1 amide bonds. The highest BCUT2D eigenvalue weighted by atomic mass is 32.2. The van der Waals surface area contributed by atoms with Gasteiger partial charge in [0.05, 0.1) is 10.6 Å². The number of sulfonamides is 1. The van der Waals surface area contributed by atoms with Crippen LogP contribution in [0.1, 0.15) is 34.0 Å². The summed E-state index contributed by atoms with van der Waals surface area (Å²) in [5, 5.41) is 2.95. The highest BCUT2D eigenvalue weighted by molar-refractivity contribution is 7.92. The summed E-state index contributed by atoms with van der Waals surface area (Å²) < 4.78 is 27.5. The van der Waals surface area contributed by atoms with Crippen molar-refractivity contribution in [2.24, 2.45) is 0 Å². The predicted octanol–water partition coefficient (Wildman–Crippen LogP) is 4.94. The highest BCUT2D eigenvalue weighted by Gasteiger charge is 2.23. The van der Waals surface area contributed by atoms with Crippen LogP contribution in [0.5, 0.6) is 0 Å². The second kappa shape index (κ2) is 8.71. The molecule has 0 aliphatic rings. The zero-order valence-electron chi connectivity index (χ0n) is 17.6. The number of hydrogen-bond donors (Lipinski definition) is 1. The summed E-state index contributed by atoms with van der Waals surface area (Å²) in [5.41, 5.74) is 4.59. The van der Waals surface area contributed by atoms with Crippen molar-refractivity contribution in [3.8, 4) is 0 Å². The lowest BCUT2D eigenvalue weighted by molar-refractivity contribution is 0.102. The summed E-state index contributed by atoms with van der Waals surface area (Å²) in [6.45, 7) is 5.87. The first-order valence-corrected chi connectivity index (χ1v) is 11.2. The Kier molecular flexibility index (Phi) is 6.27. The first-order chi connectivity index (χ1) is 14.2. The molecule has 0 saturated heterocycles. The number of carbonyl (C=O) groups excluding carboxylic acids is 1. The van der Waals surface area contributed by atoms with E-state index in [9.17, 15) is 13.2 Å². The summed E-state index contributed by atoms with van der Waals surface area (Å²) in [6.07, 6.45) is 0.785. The van der Waals surface area contributed by atoms with Crippen LogP contribution < -0.4 is 9.62 Å². The molecule has 0 atom stereocenters. The fourth-order valence-corrected chi connectivity index (χ4v) is 4.54. The lowest BCUT2D eigenvalue weighted by Gasteiger charge is -2.20. The van der Waals surface area contributed by atoms with Gasteiger partial charge >= 0.3 is 0 Å². The molecule has 6 heteroatoms. The molecule has 0 fully saturated rings. The van der Waals surface area contributed by atoms with Gasteiger partial charge in [-0.1, -0.05) is 43.3 Å². The Hall–Kier alpha value is -3.12. The molecular formula is C24H26N2O3S. The Bertz CT molecular complexity index is 1190. The van der Waals surface area contributed by atoms with E-state index in [0.717, 1.165) is 28.8 Å². The summed E-state index contributed by atoms with van der Waals surface area (Å²) in [4.78, 5) is 12.9. The molecule has 0 radical (unpaired) electrons. The average molecular weight is 423 g/mol. The van der Waals surface area contributed by atoms with Crippen LogP contribution in [0.3, 0.4) is 0 Å². The second-order valence-electron chi connectivity index (χ2n) is 7.26. The predicted molar refractivity (Wildman–Crippen MR) is 122 cm³/mol. The van der Waals surface area contributed by atoms with Crippen molar-refractivity contribution in [1.29, 1.82) is 0 Å². The van der Waals surface area contributed by atoms with E-state index >= 15 is 0 Å². The van der Waals surface area contributed by atoms with Crippen LogP contribution in [0, 0.1) is 13.8 Å². The smallest absolute Gasteiger partial charge is 0.264 e. The van der Waals surface area contributed by atoms with Crippen molar-refractivity contribution >= 4 is 27.3 Å². The third kappa shape index (κ3) is 4.39. The molecule has 0 aromatic heterocycles. The number of carbonyl (C=O) groups is 1. The van der Waals surface area contributed by atoms with E-state index in [0.29, 0.717) is 11.3 Å². The molecule has 3 aromatic carbocycles. The van der Waals surface area contributed by atoms with Crippen LogP contribution in [0.2, 0.25) is 0 Å². The average Bonchev–Trinajstić information content (AvgIpc) is 2.74. The lowest BCUT2D eigenvalue weighted by Crippen LogP contribution is -2.27. The van der Waals surface area contributed by atoms with Crippen molar-refractivity contribution in [2.75, 3.05) is 16.7 Å². The second-order valence-corrected chi connectivity index (χ2v) is 9.23. The first kappa shape index (κ1) is 21.6. The zero-order chi connectivity index (χ0) is 21.9. The third-order valence-corrected chi connectivity index (χ3v) is 6.88. The maximum absolute atomic E-state index is 13.1. The molecule has 0 bridgehead atoms. The van der Waals surface area contributed by atoms with E-state index in [1.807, 2.05) is 51.1 Å². The molecule has 0 saturated carbocycles. The summed E-state index contributed by atoms with van der Waals surface area (Å²) >= 11 is 0. The first-order valence-electron chi connectivity index (χ1n) is 9.79. The van der Waals surface area contributed by atoms with Crippen LogP contribution in [-0.2, 0) is 16.4 Å². The summed E-state index contributed by atoms with van der Waals surface area (Å²) in [5.74, 6) is -0.339. The van der Waals surface area contributed by atoms with Gasteiger partial charge in [-0.15, -0.1) is 0 Å². The summed E-state index contributed by atoms with van der Waals surface area (Å²) in [7, 11) is -2.29. The van der Waals surface area contributed by atoms with Crippen molar-refractivity contribution < 1.29 is 13.2 Å². The molecule has 0 unspecified atom stereocenters. The van der Waals surface area contributed by atoms with Crippen LogP contribution >= 0.6 is 0 Å². The van der Waals surface area contributed by atoms with E-state index in [2.05, 4.69) is 5.32 Å². The van der Waals surface area contributed by atoms with E-state index < -0.39 is 10.0 Å². The van der Waals surface area contributed by atoms with Crippen molar-refractivity contribution in [2.45, 2.75) is 32.1 Å². The van der Waals surface area contributed by atoms with Crippen molar-refractivity contribution in [3.63, 3.8) is 0 Å². The Balaban J connectivity index is 1.91. The molecular weight excluding hydrogens is 396 g/mol. The Morgan fingerprint density at radius 2 is 1.67 bits per heavy atom. The molecule has 0 aliphatic carbocycles. The van der Waals surface area contributed by atoms with Crippen LogP contribution in [-0.4, -0.2) is 21.4 Å². The number of rotatable bonds is 6. The molecule has 1 N–H and O–H groups in total. The normalized spacial score (nSPS) is 11.2. The standard InChI is InChI=1S/C24H26N2O3S/c1-5-19-11-7-10-18(3)23(19)25-24(27)20-12-8-14-22(16-20)30(28,29)26(4)21-13-6-9-17(2)15-21/h6-16H,5H2,1-4H3,(H,25,27). The van der Waals surface area contributed by atoms with Crippen LogP contribution in [0.25, 0.3) is 0 Å². The third-order valence-electron chi connectivity index (χ3n) is 5.10. The van der Waals surface area contributed by atoms with Crippen molar-refractivity contribution in [3.05, 3.63) is 89.0 Å². The fourth-order valence-electron chi connectivity index (χ4n) is 3.31. The molecule has 3 aromatic rings. The summed E-state index contributed by atoms with van der Waals surface area (Å²) in [6, 6.07) is 19.3. The number of hydrogen-bond acceptors (Lipinski definition) is 3. The maximum atomic E-state index is 13.1. The fraction of sp³-hybridized carbons (Fsp3) is 0.208. The Morgan fingerprint density at radius 1 is 0.967 bits per heavy atom. The molecule has 0 heterocycles. The minimum Gasteiger partial charge on any atom is -0.321 e. The van der Waals surface area contributed by atoms with Gasteiger partial charge in [0.1, 0.15) is 0 Å². The quantitative estimate of drug-likeness (QED) is 0.612. The molecule has 156 valence electrons. The van der Waals surface area contributed by atoms with E-state index in [1.54, 1.807) is 24.3 Å². The van der Waals surface area contributed by atoms with Gasteiger partial charge < -0.3 is 5.32 Å². The van der Waals surface area contributed by atoms with Crippen molar-refractivity contribution in [1.82, 2.24) is 0 Å². The van der Waals surface area contributed by atoms with Gasteiger partial charge in [-0.2, -0.15) is 0 Å². The van der Waals surface area contributed by atoms with Gasteiger partial charge in [0.15, 0.2) is 0 Å². The number of anilines is 2. The molecule has 0 aliphatic heterocycles. The molecule has 0 spiro atoms. The van der Waals surface area contributed by atoms with Gasteiger partial charge in [-0.25, -0.2) is 8.42 Å². The monoisotopic (exact) mass is 422 g/mol. The van der Waals surface area contributed by atoms with Crippen LogP contribution in [0.15, 0.2) is 71.6 Å². The van der Waals surface area contributed by atoms with Gasteiger partial charge in [-0.3, -0.25) is 9.10 Å². The Morgan fingerprint density at radius 3 is 2.37 bits per heavy atom. The van der Waals surface area contributed by atoms with E-state index in [-0.39, 0.29) is 10.8 Å². The Labute approximate surface area is 178 Å². The molecule has 3 rings (SSSR count). The molecule has 30 heavy (non-hydrogen) atoms. The highest BCUT2D eigenvalue weighted by Crippen LogP contribution is 2.25. The van der Waals surface area contributed by atoms with Gasteiger partial charge in [0.2, 0.25) is 0 Å². The number of para-hydroxylation sites is 1. The largest absolute Gasteiger partial charge is 0.321 e.